The monoisotopic (exact) mass is 470 g/mol. The third-order valence-electron chi connectivity index (χ3n) is 4.20. The average Bonchev–Trinajstić information content (AvgIpc) is 2.77. The Morgan fingerprint density at radius 2 is 1.87 bits per heavy atom. The third kappa shape index (κ3) is 6.57. The molecule has 0 radical (unpaired) electrons. The lowest BCUT2D eigenvalue weighted by Gasteiger charge is -2.12. The van der Waals surface area contributed by atoms with Gasteiger partial charge in [-0.05, 0) is 35.4 Å². The third-order valence-corrected chi connectivity index (χ3v) is 4.70. The van der Waals surface area contributed by atoms with Gasteiger partial charge in [-0.2, -0.15) is 0 Å². The van der Waals surface area contributed by atoms with Gasteiger partial charge in [0.25, 0.3) is 5.91 Å². The highest BCUT2D eigenvalue weighted by Crippen LogP contribution is 2.20. The first-order valence-corrected chi connectivity index (χ1v) is 10.3. The second-order valence-corrected chi connectivity index (χ2v) is 7.36. The van der Waals surface area contributed by atoms with Crippen molar-refractivity contribution in [2.75, 3.05) is 20.3 Å². The van der Waals surface area contributed by atoms with E-state index in [-0.39, 0.29) is 5.91 Å². The van der Waals surface area contributed by atoms with Crippen molar-refractivity contribution in [3.05, 3.63) is 88.0 Å². The predicted octanol–water partition coefficient (Wildman–Crippen LogP) is 4.38. The minimum atomic E-state index is -0.208. The quantitative estimate of drug-likeness (QED) is 0.445. The Labute approximate surface area is 184 Å². The van der Waals surface area contributed by atoms with E-state index < -0.39 is 0 Å². The van der Waals surface area contributed by atoms with Crippen LogP contribution >= 0.6 is 15.9 Å². The number of rotatable bonds is 10. The highest BCUT2D eigenvalue weighted by atomic mass is 79.9. The Bertz CT molecular complexity index is 963. The summed E-state index contributed by atoms with van der Waals surface area (Å²) in [7, 11) is 1.62. The normalized spacial score (nSPS) is 10.5. The summed E-state index contributed by atoms with van der Waals surface area (Å²) in [6, 6.07) is 18.7. The van der Waals surface area contributed by atoms with Gasteiger partial charge in [-0.3, -0.25) is 4.79 Å². The van der Waals surface area contributed by atoms with Gasteiger partial charge in [-0.25, -0.2) is 4.98 Å². The minimum Gasteiger partial charge on any atom is -0.488 e. The predicted molar refractivity (Wildman–Crippen MR) is 118 cm³/mol. The van der Waals surface area contributed by atoms with Crippen LogP contribution in [0.3, 0.4) is 0 Å². The Hall–Kier alpha value is -2.90. The summed E-state index contributed by atoms with van der Waals surface area (Å²) >= 11 is 3.45. The van der Waals surface area contributed by atoms with Crippen LogP contribution in [0.1, 0.15) is 21.5 Å². The van der Waals surface area contributed by atoms with E-state index in [2.05, 4.69) is 26.2 Å². The van der Waals surface area contributed by atoms with Gasteiger partial charge in [0.1, 0.15) is 19.0 Å². The van der Waals surface area contributed by atoms with Gasteiger partial charge in [0.15, 0.2) is 0 Å². The molecular formula is C23H23BrN2O4. The lowest BCUT2D eigenvalue weighted by Crippen LogP contribution is -2.23. The van der Waals surface area contributed by atoms with Crippen molar-refractivity contribution in [1.82, 2.24) is 10.3 Å². The number of benzene rings is 2. The Kier molecular flexibility index (Phi) is 8.23. The first kappa shape index (κ1) is 21.8. The molecule has 1 heterocycles. The number of aromatic nitrogens is 1. The van der Waals surface area contributed by atoms with Crippen LogP contribution in [0.5, 0.6) is 11.6 Å². The van der Waals surface area contributed by atoms with Crippen LogP contribution in [0, 0.1) is 0 Å². The first-order chi connectivity index (χ1) is 14.7. The molecule has 7 heteroatoms. The molecule has 1 aromatic heterocycles. The molecule has 0 aliphatic heterocycles. The molecule has 1 amide bonds. The summed E-state index contributed by atoms with van der Waals surface area (Å²) in [6.07, 6.45) is 1.68. The molecule has 156 valence electrons. The number of ether oxygens (including phenoxy) is 3. The fraction of sp³-hybridized carbons (Fsp3) is 0.217. The number of hydrogen-bond acceptors (Lipinski definition) is 5. The smallest absolute Gasteiger partial charge is 0.255 e. The number of para-hydroxylation sites is 1. The van der Waals surface area contributed by atoms with Gasteiger partial charge < -0.3 is 19.5 Å². The highest BCUT2D eigenvalue weighted by molar-refractivity contribution is 9.10. The molecule has 0 saturated carbocycles. The van der Waals surface area contributed by atoms with Crippen LogP contribution in [0.25, 0.3) is 0 Å². The van der Waals surface area contributed by atoms with Crippen LogP contribution in [0.15, 0.2) is 71.3 Å². The largest absolute Gasteiger partial charge is 0.488 e. The van der Waals surface area contributed by atoms with E-state index in [1.165, 1.54) is 0 Å². The van der Waals surface area contributed by atoms with E-state index in [1.54, 1.807) is 31.5 Å². The van der Waals surface area contributed by atoms with Crippen LogP contribution in [-0.2, 0) is 17.9 Å². The van der Waals surface area contributed by atoms with Gasteiger partial charge >= 0.3 is 0 Å². The molecule has 0 spiro atoms. The fourth-order valence-electron chi connectivity index (χ4n) is 2.68. The molecule has 0 aliphatic carbocycles. The molecule has 6 nitrogen and oxygen atoms in total. The Morgan fingerprint density at radius 1 is 1.00 bits per heavy atom. The molecular weight excluding hydrogens is 448 g/mol. The standard InChI is InChI=1S/C23H23BrN2O4/c1-28-11-12-29-22-10-9-18(14-25-22)15-26-23(27)20-7-2-3-8-21(20)30-16-17-5-4-6-19(24)13-17/h2-10,13-14H,11-12,15-16H2,1H3,(H,26,27). The van der Waals surface area contributed by atoms with Crippen molar-refractivity contribution in [3.63, 3.8) is 0 Å². The topological polar surface area (TPSA) is 69.7 Å². The summed E-state index contributed by atoms with van der Waals surface area (Å²) in [4.78, 5) is 16.9. The molecule has 0 bridgehead atoms. The van der Waals surface area contributed by atoms with Crippen LogP contribution in [0.2, 0.25) is 0 Å². The lowest BCUT2D eigenvalue weighted by atomic mass is 10.1. The fourth-order valence-corrected chi connectivity index (χ4v) is 3.12. The van der Waals surface area contributed by atoms with E-state index in [0.29, 0.717) is 43.6 Å². The van der Waals surface area contributed by atoms with Gasteiger partial charge in [0, 0.05) is 30.4 Å². The van der Waals surface area contributed by atoms with Gasteiger partial charge in [0.05, 0.1) is 12.2 Å². The van der Waals surface area contributed by atoms with Crippen molar-refractivity contribution in [1.29, 1.82) is 0 Å². The van der Waals surface area contributed by atoms with E-state index in [4.69, 9.17) is 14.2 Å². The van der Waals surface area contributed by atoms with E-state index in [1.807, 2.05) is 42.5 Å². The summed E-state index contributed by atoms with van der Waals surface area (Å²) in [5.41, 5.74) is 2.37. The second-order valence-electron chi connectivity index (χ2n) is 6.44. The first-order valence-electron chi connectivity index (χ1n) is 9.47. The molecule has 1 N–H and O–H groups in total. The van der Waals surface area contributed by atoms with Crippen LogP contribution < -0.4 is 14.8 Å². The van der Waals surface area contributed by atoms with Gasteiger partial charge in [0.2, 0.25) is 5.88 Å². The van der Waals surface area contributed by atoms with Crippen molar-refractivity contribution in [2.45, 2.75) is 13.2 Å². The molecule has 0 unspecified atom stereocenters. The molecule has 0 fully saturated rings. The highest BCUT2D eigenvalue weighted by Gasteiger charge is 2.12. The zero-order valence-corrected chi connectivity index (χ0v) is 18.2. The zero-order chi connectivity index (χ0) is 21.2. The SMILES string of the molecule is COCCOc1ccc(CNC(=O)c2ccccc2OCc2cccc(Br)c2)cn1. The van der Waals surface area contributed by atoms with Crippen molar-refractivity contribution >= 4 is 21.8 Å². The van der Waals surface area contributed by atoms with E-state index in [9.17, 15) is 4.79 Å². The lowest BCUT2D eigenvalue weighted by molar-refractivity contribution is 0.0946. The molecule has 0 saturated heterocycles. The maximum Gasteiger partial charge on any atom is 0.255 e. The molecule has 30 heavy (non-hydrogen) atoms. The van der Waals surface area contributed by atoms with Crippen molar-refractivity contribution < 1.29 is 19.0 Å². The van der Waals surface area contributed by atoms with E-state index in [0.717, 1.165) is 15.6 Å². The summed E-state index contributed by atoms with van der Waals surface area (Å²) in [5.74, 6) is 0.851. The minimum absolute atomic E-state index is 0.208. The van der Waals surface area contributed by atoms with Crippen LogP contribution in [0.4, 0.5) is 0 Å². The number of hydrogen-bond donors (Lipinski definition) is 1. The second kappa shape index (κ2) is 11.3. The summed E-state index contributed by atoms with van der Waals surface area (Å²) in [5, 5.41) is 2.91. The number of halogens is 1. The Balaban J connectivity index is 1.56. The molecule has 0 atom stereocenters. The van der Waals surface area contributed by atoms with E-state index >= 15 is 0 Å². The Morgan fingerprint density at radius 3 is 2.63 bits per heavy atom. The molecule has 3 rings (SSSR count). The number of carbonyl (C=O) groups excluding carboxylic acids is 1. The molecule has 3 aromatic rings. The molecule has 0 aliphatic rings. The summed E-state index contributed by atoms with van der Waals surface area (Å²) < 4.78 is 17.3. The molecule has 2 aromatic carbocycles. The maximum absolute atomic E-state index is 12.7. The maximum atomic E-state index is 12.7. The van der Waals surface area contributed by atoms with Crippen molar-refractivity contribution in [3.8, 4) is 11.6 Å². The number of nitrogens with one attached hydrogen (secondary N) is 1. The summed E-state index contributed by atoms with van der Waals surface area (Å²) in [6.45, 7) is 1.67. The number of nitrogens with zero attached hydrogens (tertiary/aromatic N) is 1. The number of carbonyl (C=O) groups is 1. The average molecular weight is 471 g/mol. The number of methoxy groups -OCH3 is 1. The zero-order valence-electron chi connectivity index (χ0n) is 16.6. The number of pyridine rings is 1. The number of amides is 1. The van der Waals surface area contributed by atoms with Gasteiger partial charge in [-0.15, -0.1) is 0 Å². The van der Waals surface area contributed by atoms with Crippen LogP contribution in [-0.4, -0.2) is 31.2 Å². The van der Waals surface area contributed by atoms with Gasteiger partial charge in [-0.1, -0.05) is 46.3 Å². The van der Waals surface area contributed by atoms with Crippen molar-refractivity contribution in [2.24, 2.45) is 0 Å².